The molecule has 146 valence electrons. The molecule has 1 N–H and O–H groups in total. The zero-order chi connectivity index (χ0) is 19.9. The minimum Gasteiger partial charge on any atom is -0.406 e. The smallest absolute Gasteiger partial charge is 0.406 e. The summed E-state index contributed by atoms with van der Waals surface area (Å²) in [6, 6.07) is 11.9. The van der Waals surface area contributed by atoms with E-state index < -0.39 is 27.7 Å². The first-order valence-corrected chi connectivity index (χ1v) is 10.0. The van der Waals surface area contributed by atoms with Crippen LogP contribution in [0.15, 0.2) is 53.4 Å². The Balaban J connectivity index is 1.86. The molecule has 4 nitrogen and oxygen atoms in total. The van der Waals surface area contributed by atoms with Crippen molar-refractivity contribution in [3.8, 4) is 5.75 Å². The number of hydrogen-bond donors (Lipinski definition) is 1. The quantitative estimate of drug-likeness (QED) is 0.778. The molecule has 0 aliphatic heterocycles. The highest BCUT2D eigenvalue weighted by atomic mass is 32.2. The molecule has 1 aliphatic carbocycles. The lowest BCUT2D eigenvalue weighted by Gasteiger charge is -2.21. The molecule has 0 saturated heterocycles. The number of rotatable bonds is 6. The zero-order valence-electron chi connectivity index (χ0n) is 14.9. The van der Waals surface area contributed by atoms with E-state index in [9.17, 15) is 21.6 Å². The predicted molar refractivity (Wildman–Crippen MR) is 94.7 cm³/mol. The van der Waals surface area contributed by atoms with Crippen LogP contribution in [0.25, 0.3) is 0 Å². The van der Waals surface area contributed by atoms with Crippen LogP contribution in [-0.4, -0.2) is 14.8 Å². The molecular formula is C19H20F3NO3S. The summed E-state index contributed by atoms with van der Waals surface area (Å²) in [5, 5.41) is 0. The Labute approximate surface area is 156 Å². The van der Waals surface area contributed by atoms with E-state index in [1.54, 1.807) is 0 Å². The number of ether oxygens (including phenoxy) is 1. The summed E-state index contributed by atoms with van der Waals surface area (Å²) in [7, 11) is -3.91. The molecule has 1 aliphatic rings. The third-order valence-corrected chi connectivity index (χ3v) is 6.34. The van der Waals surface area contributed by atoms with E-state index in [1.807, 2.05) is 38.1 Å². The predicted octanol–water partition coefficient (Wildman–Crippen LogP) is 4.50. The van der Waals surface area contributed by atoms with Gasteiger partial charge in [0.1, 0.15) is 5.75 Å². The largest absolute Gasteiger partial charge is 0.573 e. The van der Waals surface area contributed by atoms with Gasteiger partial charge in [-0.2, -0.15) is 0 Å². The van der Waals surface area contributed by atoms with Crippen molar-refractivity contribution in [1.82, 2.24) is 4.72 Å². The number of hydrogen-bond acceptors (Lipinski definition) is 3. The molecule has 0 bridgehead atoms. The first kappa shape index (κ1) is 19.7. The summed E-state index contributed by atoms with van der Waals surface area (Å²) in [4.78, 5) is -0.106. The Bertz CT molecular complexity index is 926. The normalized spacial score (nSPS) is 22.5. The molecule has 0 aromatic heterocycles. The number of benzene rings is 2. The summed E-state index contributed by atoms with van der Waals surface area (Å²) in [6.07, 6.45) is -3.33. The van der Waals surface area contributed by atoms with Crippen LogP contribution in [0.4, 0.5) is 13.2 Å². The summed E-state index contributed by atoms with van der Waals surface area (Å²) in [5.41, 5.74) is 1.25. The second kappa shape index (κ2) is 6.83. The maximum atomic E-state index is 12.8. The van der Waals surface area contributed by atoms with Crippen molar-refractivity contribution in [3.05, 3.63) is 59.7 Å². The van der Waals surface area contributed by atoms with E-state index in [0.29, 0.717) is 6.42 Å². The van der Waals surface area contributed by atoms with E-state index >= 15 is 0 Å². The van der Waals surface area contributed by atoms with Gasteiger partial charge < -0.3 is 4.74 Å². The molecule has 27 heavy (non-hydrogen) atoms. The number of halogens is 3. The van der Waals surface area contributed by atoms with E-state index in [4.69, 9.17) is 0 Å². The zero-order valence-corrected chi connectivity index (χ0v) is 15.7. The van der Waals surface area contributed by atoms with Crippen LogP contribution in [0.1, 0.15) is 30.9 Å². The van der Waals surface area contributed by atoms with Gasteiger partial charge in [-0.3, -0.25) is 0 Å². The van der Waals surface area contributed by atoms with Crippen molar-refractivity contribution in [3.63, 3.8) is 0 Å². The second-order valence-corrected chi connectivity index (χ2v) is 8.46. The van der Waals surface area contributed by atoms with Crippen LogP contribution < -0.4 is 9.46 Å². The third-order valence-electron chi connectivity index (χ3n) is 4.82. The summed E-state index contributed by atoms with van der Waals surface area (Å²) < 4.78 is 69.0. The number of nitrogens with one attached hydrogen (secondary N) is 1. The Morgan fingerprint density at radius 1 is 1.19 bits per heavy atom. The van der Waals surface area contributed by atoms with Crippen molar-refractivity contribution in [1.29, 1.82) is 0 Å². The molecule has 0 heterocycles. The van der Waals surface area contributed by atoms with E-state index in [2.05, 4.69) is 9.46 Å². The first-order chi connectivity index (χ1) is 12.6. The molecule has 0 radical (unpaired) electrons. The molecule has 0 spiro atoms. The SMILES string of the molecule is CC[C@H]1C[C@@]1(NS(=O)(=O)c1ccc(OC(F)(F)F)cc1)c1cccc(C)c1. The third kappa shape index (κ3) is 4.27. The van der Waals surface area contributed by atoms with Crippen molar-refractivity contribution >= 4 is 10.0 Å². The molecule has 2 aromatic rings. The Morgan fingerprint density at radius 2 is 1.85 bits per heavy atom. The van der Waals surface area contributed by atoms with Crippen LogP contribution >= 0.6 is 0 Å². The van der Waals surface area contributed by atoms with Gasteiger partial charge in [0.15, 0.2) is 0 Å². The highest BCUT2D eigenvalue weighted by Gasteiger charge is 2.56. The van der Waals surface area contributed by atoms with Gasteiger partial charge in [0.2, 0.25) is 10.0 Å². The van der Waals surface area contributed by atoms with Gasteiger partial charge in [-0.1, -0.05) is 43.2 Å². The number of sulfonamides is 1. The van der Waals surface area contributed by atoms with E-state index in [-0.39, 0.29) is 10.8 Å². The van der Waals surface area contributed by atoms with Crippen LogP contribution in [0.3, 0.4) is 0 Å². The average Bonchev–Trinajstić information content (AvgIpc) is 3.27. The Morgan fingerprint density at radius 3 is 2.37 bits per heavy atom. The van der Waals surface area contributed by atoms with E-state index in [1.165, 1.54) is 0 Å². The van der Waals surface area contributed by atoms with Crippen molar-refractivity contribution < 1.29 is 26.3 Å². The monoisotopic (exact) mass is 399 g/mol. The molecule has 0 amide bonds. The molecular weight excluding hydrogens is 379 g/mol. The lowest BCUT2D eigenvalue weighted by atomic mass is 10.0. The first-order valence-electron chi connectivity index (χ1n) is 8.53. The van der Waals surface area contributed by atoms with Gasteiger partial charge in [-0.05, 0) is 49.1 Å². The number of alkyl halides is 3. The number of aryl methyl sites for hydroxylation is 1. The molecule has 1 fully saturated rings. The summed E-state index contributed by atoms with van der Waals surface area (Å²) in [6.45, 7) is 3.94. The van der Waals surface area contributed by atoms with Crippen LogP contribution in [-0.2, 0) is 15.6 Å². The van der Waals surface area contributed by atoms with Gasteiger partial charge in [-0.25, -0.2) is 13.1 Å². The standard InChI is InChI=1S/C19H20F3NO3S/c1-3-14-12-18(14,15-6-4-5-13(2)11-15)23-27(24,25)17-9-7-16(8-10-17)26-19(20,21)22/h4-11,14,23H,3,12H2,1-2H3/t14-,18-/m0/s1. The molecule has 1 saturated carbocycles. The molecule has 3 rings (SSSR count). The van der Waals surface area contributed by atoms with Crippen LogP contribution in [0.2, 0.25) is 0 Å². The lowest BCUT2D eigenvalue weighted by Crippen LogP contribution is -2.36. The topological polar surface area (TPSA) is 55.4 Å². The van der Waals surface area contributed by atoms with Crippen LogP contribution in [0.5, 0.6) is 5.75 Å². The fraction of sp³-hybridized carbons (Fsp3) is 0.368. The van der Waals surface area contributed by atoms with Crippen molar-refractivity contribution in [2.24, 2.45) is 5.92 Å². The highest BCUT2D eigenvalue weighted by Crippen LogP contribution is 2.54. The maximum Gasteiger partial charge on any atom is 0.573 e. The minimum atomic E-state index is -4.82. The Hall–Kier alpha value is -2.06. The fourth-order valence-corrected chi connectivity index (χ4v) is 4.86. The van der Waals surface area contributed by atoms with Gasteiger partial charge >= 0.3 is 6.36 Å². The summed E-state index contributed by atoms with van der Waals surface area (Å²) in [5.74, 6) is -0.297. The molecule has 2 aromatic carbocycles. The molecule has 2 atom stereocenters. The van der Waals surface area contributed by atoms with Crippen molar-refractivity contribution in [2.75, 3.05) is 0 Å². The van der Waals surface area contributed by atoms with Gasteiger partial charge in [-0.15, -0.1) is 13.2 Å². The maximum absolute atomic E-state index is 12.8. The molecule has 8 heteroatoms. The van der Waals surface area contributed by atoms with Gasteiger partial charge in [0, 0.05) is 0 Å². The highest BCUT2D eigenvalue weighted by molar-refractivity contribution is 7.89. The fourth-order valence-electron chi connectivity index (χ4n) is 3.40. The summed E-state index contributed by atoms with van der Waals surface area (Å²) >= 11 is 0. The Kier molecular flexibility index (Phi) is 4.98. The average molecular weight is 399 g/mol. The van der Waals surface area contributed by atoms with E-state index in [0.717, 1.165) is 41.8 Å². The molecule has 0 unspecified atom stereocenters. The van der Waals surface area contributed by atoms with Crippen molar-refractivity contribution in [2.45, 2.75) is 43.5 Å². The van der Waals surface area contributed by atoms with Gasteiger partial charge in [0.05, 0.1) is 10.4 Å². The van der Waals surface area contributed by atoms with Crippen LogP contribution in [0, 0.1) is 12.8 Å². The lowest BCUT2D eigenvalue weighted by molar-refractivity contribution is -0.274. The second-order valence-electron chi connectivity index (χ2n) is 6.77. The van der Waals surface area contributed by atoms with Gasteiger partial charge in [0.25, 0.3) is 0 Å². The minimum absolute atomic E-state index is 0.106.